The topological polar surface area (TPSA) is 35.7 Å². The van der Waals surface area contributed by atoms with Gasteiger partial charge in [-0.3, -0.25) is 4.58 Å². The number of para-hydroxylation sites is 1. The van der Waals surface area contributed by atoms with Crippen molar-refractivity contribution in [3.05, 3.63) is 60.2 Å². The van der Waals surface area contributed by atoms with Gasteiger partial charge >= 0.3 is 0 Å². The Kier molecular flexibility index (Phi) is 4.00. The van der Waals surface area contributed by atoms with Crippen LogP contribution in [0.3, 0.4) is 0 Å². The SMILES string of the molecule is CCOc1ccc([C@]2(O)[C@H](C)[N+]3=C(CCC3)N2c2ccccc2)cc1. The van der Waals surface area contributed by atoms with Crippen molar-refractivity contribution in [1.82, 2.24) is 0 Å². The van der Waals surface area contributed by atoms with Gasteiger partial charge in [0.25, 0.3) is 11.6 Å². The summed E-state index contributed by atoms with van der Waals surface area (Å²) in [5.74, 6) is 2.05. The van der Waals surface area contributed by atoms with Crippen LogP contribution in [0, 0.1) is 0 Å². The number of anilines is 1. The molecule has 0 saturated carbocycles. The Hall–Kier alpha value is -2.33. The molecule has 2 heterocycles. The molecule has 0 amide bonds. The van der Waals surface area contributed by atoms with E-state index >= 15 is 0 Å². The first-order valence-electron chi connectivity index (χ1n) is 9.09. The third-order valence-corrected chi connectivity index (χ3v) is 5.38. The number of rotatable bonds is 4. The van der Waals surface area contributed by atoms with Crippen molar-refractivity contribution in [2.24, 2.45) is 0 Å². The number of aliphatic hydroxyl groups is 1. The molecule has 2 aliphatic rings. The van der Waals surface area contributed by atoms with Gasteiger partial charge in [0.1, 0.15) is 11.4 Å². The molecule has 25 heavy (non-hydrogen) atoms. The van der Waals surface area contributed by atoms with Crippen LogP contribution in [0.25, 0.3) is 0 Å². The fourth-order valence-electron chi connectivity index (χ4n) is 4.19. The molecule has 2 aromatic rings. The van der Waals surface area contributed by atoms with Crippen LogP contribution in [-0.4, -0.2) is 34.7 Å². The molecule has 4 heteroatoms. The minimum atomic E-state index is -1.08. The van der Waals surface area contributed by atoms with E-state index in [0.29, 0.717) is 6.61 Å². The first-order valence-corrected chi connectivity index (χ1v) is 9.09. The minimum Gasteiger partial charge on any atom is -0.494 e. The highest BCUT2D eigenvalue weighted by Crippen LogP contribution is 2.42. The Morgan fingerprint density at radius 2 is 1.88 bits per heavy atom. The van der Waals surface area contributed by atoms with Crippen molar-refractivity contribution in [2.75, 3.05) is 18.1 Å². The summed E-state index contributed by atoms with van der Waals surface area (Å²) in [6, 6.07) is 18.1. The Morgan fingerprint density at radius 1 is 1.16 bits per heavy atom. The third kappa shape index (κ3) is 2.44. The summed E-state index contributed by atoms with van der Waals surface area (Å²) < 4.78 is 7.91. The average molecular weight is 337 g/mol. The smallest absolute Gasteiger partial charge is 0.278 e. The van der Waals surface area contributed by atoms with Crippen LogP contribution in [0.4, 0.5) is 5.69 Å². The highest BCUT2D eigenvalue weighted by molar-refractivity contribution is 5.97. The third-order valence-electron chi connectivity index (χ3n) is 5.38. The summed E-state index contributed by atoms with van der Waals surface area (Å²) in [5.41, 5.74) is 0.848. The van der Waals surface area contributed by atoms with Gasteiger partial charge in [0.2, 0.25) is 0 Å². The van der Waals surface area contributed by atoms with Gasteiger partial charge in [-0.2, -0.15) is 4.90 Å². The van der Waals surface area contributed by atoms with E-state index in [9.17, 15) is 5.11 Å². The molecular formula is C21H25N2O2+. The summed E-state index contributed by atoms with van der Waals surface area (Å²) >= 11 is 0. The molecule has 0 radical (unpaired) electrons. The molecule has 2 atom stereocenters. The van der Waals surface area contributed by atoms with Crippen molar-refractivity contribution in [3.63, 3.8) is 0 Å². The highest BCUT2D eigenvalue weighted by Gasteiger charge is 2.60. The second-order valence-corrected chi connectivity index (χ2v) is 6.74. The fourth-order valence-corrected chi connectivity index (χ4v) is 4.19. The number of benzene rings is 2. The van der Waals surface area contributed by atoms with E-state index < -0.39 is 5.72 Å². The van der Waals surface area contributed by atoms with Crippen LogP contribution in [0.15, 0.2) is 54.6 Å². The van der Waals surface area contributed by atoms with Gasteiger partial charge in [-0.15, -0.1) is 0 Å². The molecule has 0 aliphatic carbocycles. The minimum absolute atomic E-state index is 0.0110. The van der Waals surface area contributed by atoms with Crippen LogP contribution in [0.2, 0.25) is 0 Å². The molecule has 0 unspecified atom stereocenters. The van der Waals surface area contributed by atoms with E-state index in [1.54, 1.807) is 0 Å². The maximum absolute atomic E-state index is 11.9. The summed E-state index contributed by atoms with van der Waals surface area (Å²) in [6.45, 7) is 5.73. The summed E-state index contributed by atoms with van der Waals surface area (Å²) in [6.07, 6.45) is 2.14. The zero-order chi connectivity index (χ0) is 17.4. The van der Waals surface area contributed by atoms with Gasteiger partial charge in [0.15, 0.2) is 6.04 Å². The first-order chi connectivity index (χ1) is 12.2. The normalized spacial score (nSPS) is 25.4. The summed E-state index contributed by atoms with van der Waals surface area (Å²) in [7, 11) is 0. The van der Waals surface area contributed by atoms with Gasteiger partial charge < -0.3 is 9.84 Å². The lowest BCUT2D eigenvalue weighted by Gasteiger charge is -2.32. The second kappa shape index (κ2) is 6.19. The Balaban J connectivity index is 1.80. The molecule has 0 saturated heterocycles. The quantitative estimate of drug-likeness (QED) is 0.869. The molecule has 130 valence electrons. The maximum atomic E-state index is 11.9. The summed E-state index contributed by atoms with van der Waals surface area (Å²) in [5, 5.41) is 11.9. The lowest BCUT2D eigenvalue weighted by molar-refractivity contribution is -0.564. The van der Waals surface area contributed by atoms with Crippen molar-refractivity contribution < 1.29 is 14.4 Å². The number of hydrogen-bond donors (Lipinski definition) is 1. The fraction of sp³-hybridized carbons (Fsp3) is 0.381. The Morgan fingerprint density at radius 3 is 2.56 bits per heavy atom. The monoisotopic (exact) mass is 337 g/mol. The molecule has 4 rings (SSSR count). The highest BCUT2D eigenvalue weighted by atomic mass is 16.5. The largest absolute Gasteiger partial charge is 0.494 e. The number of nitrogens with zero attached hydrogens (tertiary/aromatic N) is 2. The van der Waals surface area contributed by atoms with Crippen LogP contribution in [0.5, 0.6) is 5.75 Å². The summed E-state index contributed by atoms with van der Waals surface area (Å²) in [4.78, 5) is 2.13. The molecule has 1 N–H and O–H groups in total. The molecule has 4 nitrogen and oxygen atoms in total. The van der Waals surface area contributed by atoms with Gasteiger partial charge in [-0.05, 0) is 56.7 Å². The Bertz CT molecular complexity index is 785. The van der Waals surface area contributed by atoms with Crippen LogP contribution >= 0.6 is 0 Å². The van der Waals surface area contributed by atoms with Crippen LogP contribution in [0.1, 0.15) is 32.3 Å². The van der Waals surface area contributed by atoms with Crippen molar-refractivity contribution >= 4 is 11.5 Å². The zero-order valence-corrected chi connectivity index (χ0v) is 14.9. The van der Waals surface area contributed by atoms with Crippen molar-refractivity contribution in [3.8, 4) is 5.75 Å². The molecule has 2 aromatic carbocycles. The van der Waals surface area contributed by atoms with E-state index in [2.05, 4.69) is 28.5 Å². The molecule has 0 spiro atoms. The van der Waals surface area contributed by atoms with Gasteiger partial charge in [0.05, 0.1) is 19.6 Å². The number of amidine groups is 1. The van der Waals surface area contributed by atoms with Gasteiger partial charge in [-0.1, -0.05) is 18.2 Å². The molecule has 0 fully saturated rings. The van der Waals surface area contributed by atoms with E-state index in [1.807, 2.05) is 49.4 Å². The molecular weight excluding hydrogens is 312 g/mol. The molecule has 2 aliphatic heterocycles. The van der Waals surface area contributed by atoms with E-state index in [4.69, 9.17) is 4.74 Å². The van der Waals surface area contributed by atoms with Crippen LogP contribution in [-0.2, 0) is 5.72 Å². The Labute approximate surface area is 149 Å². The van der Waals surface area contributed by atoms with Gasteiger partial charge in [0, 0.05) is 5.56 Å². The molecule has 0 bridgehead atoms. The standard InChI is InChI=1S/C21H25N2O2/c1-3-25-19-13-11-17(12-14-19)21(24)16(2)22-15-7-10-20(22)23(21)18-8-5-4-6-9-18/h4-6,8-9,11-14,16,24H,3,7,10,15H2,1-2H3/q+1/t16-,21+/m0/s1. The van der Waals surface area contributed by atoms with E-state index in [0.717, 1.165) is 36.4 Å². The zero-order valence-electron chi connectivity index (χ0n) is 14.9. The van der Waals surface area contributed by atoms with Gasteiger partial charge in [-0.25, -0.2) is 0 Å². The maximum Gasteiger partial charge on any atom is 0.278 e. The molecule has 0 aromatic heterocycles. The predicted molar refractivity (Wildman–Crippen MR) is 99.3 cm³/mol. The number of hydrogen-bond acceptors (Lipinski definition) is 3. The average Bonchev–Trinajstić information content (AvgIpc) is 3.19. The number of ether oxygens (including phenoxy) is 1. The lowest BCUT2D eigenvalue weighted by Crippen LogP contribution is -2.51. The van der Waals surface area contributed by atoms with Crippen LogP contribution < -0.4 is 9.64 Å². The van der Waals surface area contributed by atoms with Crippen molar-refractivity contribution in [1.29, 1.82) is 0 Å². The first kappa shape index (κ1) is 16.2. The lowest BCUT2D eigenvalue weighted by atomic mass is 9.93. The second-order valence-electron chi connectivity index (χ2n) is 6.74. The predicted octanol–water partition coefficient (Wildman–Crippen LogP) is 3.34. The van der Waals surface area contributed by atoms with E-state index in [-0.39, 0.29) is 6.04 Å². The van der Waals surface area contributed by atoms with Crippen molar-refractivity contribution in [2.45, 2.75) is 38.5 Å². The van der Waals surface area contributed by atoms with E-state index in [1.165, 1.54) is 5.84 Å².